The fraction of sp³-hybridized carbons (Fsp3) is 0.364. The predicted octanol–water partition coefficient (Wildman–Crippen LogP) is 1.44. The summed E-state index contributed by atoms with van der Waals surface area (Å²) in [7, 11) is 0. The Balaban J connectivity index is 2.29. The number of nitrogens with one attached hydrogen (secondary N) is 1. The van der Waals surface area contributed by atoms with Crippen molar-refractivity contribution in [3.63, 3.8) is 0 Å². The van der Waals surface area contributed by atoms with Gasteiger partial charge in [-0.25, -0.2) is 14.6 Å². The minimum atomic E-state index is -1.23. The van der Waals surface area contributed by atoms with Gasteiger partial charge in [0.25, 0.3) is 0 Å². The van der Waals surface area contributed by atoms with E-state index in [0.717, 1.165) is 25.3 Å². The third-order valence-corrected chi connectivity index (χ3v) is 2.75. The van der Waals surface area contributed by atoms with Gasteiger partial charge in [0.1, 0.15) is 5.82 Å². The predicted molar refractivity (Wildman–Crippen MR) is 59.4 cm³/mol. The largest absolute Gasteiger partial charge is 0.478 e. The van der Waals surface area contributed by atoms with Crippen LogP contribution in [0, 0.1) is 0 Å². The minimum absolute atomic E-state index is 0.0702. The number of pyridine rings is 1. The Morgan fingerprint density at radius 2 is 1.94 bits per heavy atom. The lowest BCUT2D eigenvalue weighted by molar-refractivity contribution is 0.0690. The number of hydrogen-bond acceptors (Lipinski definition) is 4. The van der Waals surface area contributed by atoms with E-state index in [1.54, 1.807) is 0 Å². The van der Waals surface area contributed by atoms with E-state index in [-0.39, 0.29) is 17.3 Å². The number of carboxylic acids is 2. The molecule has 0 aliphatic heterocycles. The monoisotopic (exact) mass is 236 g/mol. The maximum absolute atomic E-state index is 10.8. The minimum Gasteiger partial charge on any atom is -0.478 e. The zero-order valence-corrected chi connectivity index (χ0v) is 9.01. The maximum Gasteiger partial charge on any atom is 0.354 e. The summed E-state index contributed by atoms with van der Waals surface area (Å²) in [5, 5.41) is 20.7. The molecule has 0 unspecified atom stereocenters. The number of carboxylic acid groups (broad SMARTS) is 2. The van der Waals surface area contributed by atoms with Crippen molar-refractivity contribution < 1.29 is 19.8 Å². The van der Waals surface area contributed by atoms with Crippen LogP contribution in [0.2, 0.25) is 0 Å². The van der Waals surface area contributed by atoms with Crippen LogP contribution in [-0.2, 0) is 0 Å². The van der Waals surface area contributed by atoms with Crippen LogP contribution < -0.4 is 5.32 Å². The van der Waals surface area contributed by atoms with E-state index in [1.807, 2.05) is 0 Å². The molecule has 1 saturated carbocycles. The van der Waals surface area contributed by atoms with E-state index >= 15 is 0 Å². The van der Waals surface area contributed by atoms with Crippen LogP contribution in [0.1, 0.15) is 40.1 Å². The topological polar surface area (TPSA) is 99.5 Å². The van der Waals surface area contributed by atoms with Gasteiger partial charge in [-0.3, -0.25) is 0 Å². The molecule has 6 nitrogen and oxygen atoms in total. The van der Waals surface area contributed by atoms with E-state index in [4.69, 9.17) is 10.2 Å². The Morgan fingerprint density at radius 3 is 2.41 bits per heavy atom. The second-order valence-corrected chi connectivity index (χ2v) is 4.01. The second-order valence-electron chi connectivity index (χ2n) is 4.01. The van der Waals surface area contributed by atoms with Gasteiger partial charge in [-0.05, 0) is 31.4 Å². The zero-order valence-electron chi connectivity index (χ0n) is 9.01. The first-order valence-electron chi connectivity index (χ1n) is 5.31. The van der Waals surface area contributed by atoms with Crippen LogP contribution in [0.4, 0.5) is 5.82 Å². The number of nitrogens with zero attached hydrogens (tertiary/aromatic N) is 1. The van der Waals surface area contributed by atoms with Crippen LogP contribution in [-0.4, -0.2) is 33.2 Å². The molecule has 0 aromatic carbocycles. The molecule has 6 heteroatoms. The molecule has 1 heterocycles. The summed E-state index contributed by atoms with van der Waals surface area (Å²) in [4.78, 5) is 25.5. The van der Waals surface area contributed by atoms with Gasteiger partial charge in [-0.2, -0.15) is 0 Å². The summed E-state index contributed by atoms with van der Waals surface area (Å²) in [6.45, 7) is 0. The molecule has 2 rings (SSSR count). The molecular weight excluding hydrogens is 224 g/mol. The van der Waals surface area contributed by atoms with Gasteiger partial charge in [-0.1, -0.05) is 0 Å². The highest BCUT2D eigenvalue weighted by Gasteiger charge is 2.19. The second kappa shape index (κ2) is 4.40. The van der Waals surface area contributed by atoms with E-state index in [9.17, 15) is 9.59 Å². The van der Waals surface area contributed by atoms with Crippen molar-refractivity contribution in [2.75, 3.05) is 5.32 Å². The van der Waals surface area contributed by atoms with E-state index < -0.39 is 11.9 Å². The lowest BCUT2D eigenvalue weighted by atomic mass is 9.93. The van der Waals surface area contributed by atoms with Crippen LogP contribution in [0.5, 0.6) is 0 Å². The molecule has 1 aliphatic rings. The third-order valence-electron chi connectivity index (χ3n) is 2.75. The molecule has 3 N–H and O–H groups in total. The van der Waals surface area contributed by atoms with Crippen molar-refractivity contribution >= 4 is 17.8 Å². The summed E-state index contributed by atoms with van der Waals surface area (Å²) in [5.74, 6) is -2.08. The molecule has 1 fully saturated rings. The molecule has 0 saturated heterocycles. The van der Waals surface area contributed by atoms with Crippen molar-refractivity contribution in [3.8, 4) is 0 Å². The van der Waals surface area contributed by atoms with E-state index in [1.165, 1.54) is 6.07 Å². The van der Waals surface area contributed by atoms with Crippen LogP contribution in [0.25, 0.3) is 0 Å². The summed E-state index contributed by atoms with van der Waals surface area (Å²) in [6, 6.07) is 2.68. The highest BCUT2D eigenvalue weighted by atomic mass is 16.4. The summed E-state index contributed by atoms with van der Waals surface area (Å²) < 4.78 is 0. The lowest BCUT2D eigenvalue weighted by Crippen LogP contribution is -2.28. The number of anilines is 1. The average molecular weight is 236 g/mol. The molecule has 0 radical (unpaired) electrons. The van der Waals surface area contributed by atoms with Crippen LogP contribution >= 0.6 is 0 Å². The van der Waals surface area contributed by atoms with Crippen molar-refractivity contribution in [3.05, 3.63) is 23.4 Å². The van der Waals surface area contributed by atoms with Gasteiger partial charge in [0.15, 0.2) is 5.69 Å². The van der Waals surface area contributed by atoms with Gasteiger partial charge in [0.05, 0.1) is 5.56 Å². The third kappa shape index (κ3) is 2.52. The first-order valence-corrected chi connectivity index (χ1v) is 5.31. The van der Waals surface area contributed by atoms with Crippen LogP contribution in [0.3, 0.4) is 0 Å². The van der Waals surface area contributed by atoms with Gasteiger partial charge in [-0.15, -0.1) is 0 Å². The molecule has 0 bridgehead atoms. The summed E-state index contributed by atoms with van der Waals surface area (Å²) >= 11 is 0. The summed E-state index contributed by atoms with van der Waals surface area (Å²) in [6.07, 6.45) is 3.13. The maximum atomic E-state index is 10.8. The van der Waals surface area contributed by atoms with Gasteiger partial charge in [0, 0.05) is 6.04 Å². The highest BCUT2D eigenvalue weighted by molar-refractivity contribution is 5.93. The smallest absolute Gasteiger partial charge is 0.354 e. The Labute approximate surface area is 97.3 Å². The molecule has 0 spiro atoms. The quantitative estimate of drug-likeness (QED) is 0.731. The van der Waals surface area contributed by atoms with Gasteiger partial charge in [0.2, 0.25) is 0 Å². The first kappa shape index (κ1) is 11.4. The first-order chi connectivity index (χ1) is 8.06. The molecule has 1 aromatic heterocycles. The van der Waals surface area contributed by atoms with E-state index in [0.29, 0.717) is 5.82 Å². The SMILES string of the molecule is O=C(O)c1cc(NC2CCC2)nc(C(=O)O)c1. The Morgan fingerprint density at radius 1 is 1.24 bits per heavy atom. The van der Waals surface area contributed by atoms with Crippen molar-refractivity contribution in [2.24, 2.45) is 0 Å². The zero-order chi connectivity index (χ0) is 12.4. The van der Waals surface area contributed by atoms with Crippen molar-refractivity contribution in [1.29, 1.82) is 0 Å². The summed E-state index contributed by atoms with van der Waals surface area (Å²) in [5.41, 5.74) is -0.328. The number of hydrogen-bond donors (Lipinski definition) is 3. The Kier molecular flexibility index (Phi) is 2.95. The Bertz CT molecular complexity index is 436. The Hall–Kier alpha value is -2.11. The molecule has 0 amide bonds. The fourth-order valence-corrected chi connectivity index (χ4v) is 1.60. The molecule has 1 aliphatic carbocycles. The lowest BCUT2D eigenvalue weighted by Gasteiger charge is -2.27. The molecule has 1 aromatic rings. The normalized spacial score (nSPS) is 15.1. The van der Waals surface area contributed by atoms with E-state index in [2.05, 4.69) is 10.3 Å². The highest BCUT2D eigenvalue weighted by Crippen LogP contribution is 2.23. The van der Waals surface area contributed by atoms with Crippen molar-refractivity contribution in [2.45, 2.75) is 25.3 Å². The van der Waals surface area contributed by atoms with Gasteiger partial charge < -0.3 is 15.5 Å². The number of rotatable bonds is 4. The number of carbonyl (C=O) groups is 2. The number of aromatic nitrogens is 1. The van der Waals surface area contributed by atoms with Crippen LogP contribution in [0.15, 0.2) is 12.1 Å². The molecular formula is C11H12N2O4. The molecule has 90 valence electrons. The van der Waals surface area contributed by atoms with Gasteiger partial charge >= 0.3 is 11.9 Å². The number of aromatic carboxylic acids is 2. The molecule has 17 heavy (non-hydrogen) atoms. The molecule has 0 atom stereocenters. The average Bonchev–Trinajstić information content (AvgIpc) is 2.23. The fourth-order valence-electron chi connectivity index (χ4n) is 1.60. The van der Waals surface area contributed by atoms with Crippen molar-refractivity contribution in [1.82, 2.24) is 4.98 Å². The standard InChI is InChI=1S/C11H12N2O4/c14-10(15)6-4-8(11(16)17)13-9(5-6)12-7-2-1-3-7/h4-5,7H,1-3H2,(H,12,13)(H,14,15)(H,16,17).